The largest absolute Gasteiger partial charge is 0.448 e. The van der Waals surface area contributed by atoms with Gasteiger partial charge in [0.25, 0.3) is 5.91 Å². The molecular formula is C19H19NO3S. The summed E-state index contributed by atoms with van der Waals surface area (Å²) in [6.45, 7) is 2.79. The van der Waals surface area contributed by atoms with Crippen LogP contribution in [0, 0.1) is 0 Å². The number of fused-ring (bicyclic) bond motifs is 2. The molecule has 0 bridgehead atoms. The lowest BCUT2D eigenvalue weighted by atomic mass is 9.94. The minimum Gasteiger partial charge on any atom is -0.448 e. The molecule has 0 spiro atoms. The summed E-state index contributed by atoms with van der Waals surface area (Å²) in [5.41, 5.74) is 2.73. The maximum Gasteiger partial charge on any atom is 0.339 e. The number of esters is 1. The van der Waals surface area contributed by atoms with Gasteiger partial charge < -0.3 is 9.64 Å². The van der Waals surface area contributed by atoms with Crippen molar-refractivity contribution in [1.82, 2.24) is 4.90 Å². The summed E-state index contributed by atoms with van der Waals surface area (Å²) in [4.78, 5) is 28.5. The van der Waals surface area contributed by atoms with Gasteiger partial charge >= 0.3 is 5.97 Å². The van der Waals surface area contributed by atoms with Gasteiger partial charge in [0.15, 0.2) is 6.10 Å². The Labute approximate surface area is 145 Å². The van der Waals surface area contributed by atoms with Crippen LogP contribution in [0.4, 0.5) is 0 Å². The SMILES string of the molecule is CC[C@H]1c2ccsc2CCN1C(=O)[C@H]1Cc2ccccc2C(=O)O1. The Balaban J connectivity index is 1.60. The van der Waals surface area contributed by atoms with Crippen LogP contribution in [0.2, 0.25) is 0 Å². The molecule has 0 saturated carbocycles. The van der Waals surface area contributed by atoms with Crippen molar-refractivity contribution in [2.75, 3.05) is 6.54 Å². The van der Waals surface area contributed by atoms with E-state index in [1.54, 1.807) is 17.4 Å². The third-order valence-electron chi connectivity index (χ3n) is 4.93. The van der Waals surface area contributed by atoms with E-state index in [0.29, 0.717) is 18.5 Å². The highest BCUT2D eigenvalue weighted by molar-refractivity contribution is 7.10. The zero-order valence-corrected chi connectivity index (χ0v) is 14.3. The molecule has 1 aromatic carbocycles. The van der Waals surface area contributed by atoms with Gasteiger partial charge in [-0.25, -0.2) is 4.79 Å². The molecule has 2 aliphatic rings. The Bertz CT molecular complexity index is 797. The van der Waals surface area contributed by atoms with E-state index in [9.17, 15) is 9.59 Å². The number of carbonyl (C=O) groups is 2. The maximum absolute atomic E-state index is 13.1. The standard InChI is InChI=1S/C19H19NO3S/c1-2-15-14-8-10-24-17(14)7-9-20(15)18(21)16-11-12-5-3-4-6-13(12)19(22)23-16/h3-6,8,10,15-16H,2,7,9,11H2,1H3/t15-,16+/m0/s1. The average Bonchev–Trinajstić information content (AvgIpc) is 3.09. The quantitative estimate of drug-likeness (QED) is 0.787. The second kappa shape index (κ2) is 6.06. The highest BCUT2D eigenvalue weighted by Crippen LogP contribution is 2.36. The fraction of sp³-hybridized carbons (Fsp3) is 0.368. The lowest BCUT2D eigenvalue weighted by Gasteiger charge is -2.38. The highest BCUT2D eigenvalue weighted by atomic mass is 32.1. The van der Waals surface area contributed by atoms with E-state index in [4.69, 9.17) is 4.74 Å². The topological polar surface area (TPSA) is 46.6 Å². The molecule has 4 nitrogen and oxygen atoms in total. The molecule has 1 aromatic heterocycles. The molecule has 3 heterocycles. The number of benzene rings is 1. The number of hydrogen-bond acceptors (Lipinski definition) is 4. The van der Waals surface area contributed by atoms with Gasteiger partial charge in [-0.1, -0.05) is 25.1 Å². The molecule has 5 heteroatoms. The molecule has 0 fully saturated rings. The summed E-state index contributed by atoms with van der Waals surface area (Å²) in [5, 5.41) is 2.10. The van der Waals surface area contributed by atoms with Crippen LogP contribution in [-0.4, -0.2) is 29.4 Å². The van der Waals surface area contributed by atoms with Crippen LogP contribution < -0.4 is 0 Å². The molecule has 0 unspecified atom stereocenters. The van der Waals surface area contributed by atoms with Crippen LogP contribution in [0.5, 0.6) is 0 Å². The first-order chi connectivity index (χ1) is 11.7. The number of rotatable bonds is 2. The summed E-state index contributed by atoms with van der Waals surface area (Å²) in [6, 6.07) is 9.58. The normalized spacial score (nSPS) is 22.5. The Morgan fingerprint density at radius 2 is 2.17 bits per heavy atom. The average molecular weight is 341 g/mol. The zero-order valence-electron chi connectivity index (χ0n) is 13.5. The van der Waals surface area contributed by atoms with Crippen molar-refractivity contribution in [1.29, 1.82) is 0 Å². The van der Waals surface area contributed by atoms with E-state index in [2.05, 4.69) is 18.4 Å². The van der Waals surface area contributed by atoms with Crippen LogP contribution in [0.3, 0.4) is 0 Å². The Morgan fingerprint density at radius 3 is 3.00 bits per heavy atom. The summed E-state index contributed by atoms with van der Waals surface area (Å²) >= 11 is 1.76. The Hall–Kier alpha value is -2.14. The number of thiophene rings is 1. The van der Waals surface area contributed by atoms with Crippen molar-refractivity contribution < 1.29 is 14.3 Å². The van der Waals surface area contributed by atoms with Crippen molar-refractivity contribution in [3.63, 3.8) is 0 Å². The number of nitrogens with zero attached hydrogens (tertiary/aromatic N) is 1. The minimum atomic E-state index is -0.707. The maximum atomic E-state index is 13.1. The molecule has 2 atom stereocenters. The third kappa shape index (κ3) is 2.44. The van der Waals surface area contributed by atoms with Gasteiger partial charge in [-0.3, -0.25) is 4.79 Å². The summed E-state index contributed by atoms with van der Waals surface area (Å²) in [7, 11) is 0. The van der Waals surface area contributed by atoms with Crippen LogP contribution >= 0.6 is 11.3 Å². The van der Waals surface area contributed by atoms with E-state index < -0.39 is 12.1 Å². The van der Waals surface area contributed by atoms with E-state index in [0.717, 1.165) is 18.4 Å². The van der Waals surface area contributed by atoms with Gasteiger partial charge in [-0.2, -0.15) is 0 Å². The molecule has 4 rings (SSSR count). The minimum absolute atomic E-state index is 0.0680. The Kier molecular flexibility index (Phi) is 3.88. The summed E-state index contributed by atoms with van der Waals surface area (Å²) < 4.78 is 5.46. The Morgan fingerprint density at radius 1 is 1.33 bits per heavy atom. The number of hydrogen-bond donors (Lipinski definition) is 0. The first-order valence-corrected chi connectivity index (χ1v) is 9.22. The molecule has 124 valence electrons. The van der Waals surface area contributed by atoms with Crippen molar-refractivity contribution in [3.8, 4) is 0 Å². The summed E-state index contributed by atoms with van der Waals surface area (Å²) in [5.74, 6) is -0.460. The van der Waals surface area contributed by atoms with Crippen LogP contribution in [0.15, 0.2) is 35.7 Å². The monoisotopic (exact) mass is 341 g/mol. The molecule has 0 aliphatic carbocycles. The fourth-order valence-electron chi connectivity index (χ4n) is 3.75. The van der Waals surface area contributed by atoms with Crippen LogP contribution in [0.1, 0.15) is 45.7 Å². The molecule has 1 amide bonds. The van der Waals surface area contributed by atoms with E-state index >= 15 is 0 Å². The molecule has 0 radical (unpaired) electrons. The highest BCUT2D eigenvalue weighted by Gasteiger charge is 2.38. The second-order valence-corrected chi connectivity index (χ2v) is 7.26. The predicted molar refractivity (Wildman–Crippen MR) is 92.1 cm³/mol. The lowest BCUT2D eigenvalue weighted by molar-refractivity contribution is -0.144. The third-order valence-corrected chi connectivity index (χ3v) is 5.93. The van der Waals surface area contributed by atoms with E-state index in [-0.39, 0.29) is 11.9 Å². The first kappa shape index (κ1) is 15.4. The molecule has 2 aromatic rings. The molecule has 0 N–H and O–H groups in total. The van der Waals surface area contributed by atoms with E-state index in [1.165, 1.54) is 10.4 Å². The van der Waals surface area contributed by atoms with Crippen molar-refractivity contribution in [2.24, 2.45) is 0 Å². The number of cyclic esters (lactones) is 1. The molecule has 0 saturated heterocycles. The van der Waals surface area contributed by atoms with Gasteiger partial charge in [0.2, 0.25) is 0 Å². The number of ether oxygens (including phenoxy) is 1. The second-order valence-electron chi connectivity index (χ2n) is 6.26. The van der Waals surface area contributed by atoms with Gasteiger partial charge in [0, 0.05) is 17.8 Å². The predicted octanol–water partition coefficient (Wildman–Crippen LogP) is 3.37. The van der Waals surface area contributed by atoms with E-state index in [1.807, 2.05) is 23.1 Å². The number of carbonyl (C=O) groups excluding carboxylic acids is 2. The van der Waals surface area contributed by atoms with Crippen molar-refractivity contribution in [2.45, 2.75) is 38.3 Å². The van der Waals surface area contributed by atoms with Gasteiger partial charge in [0.1, 0.15) is 0 Å². The smallest absolute Gasteiger partial charge is 0.339 e. The first-order valence-electron chi connectivity index (χ1n) is 8.34. The van der Waals surface area contributed by atoms with Gasteiger partial charge in [-0.05, 0) is 41.5 Å². The molecule has 24 heavy (non-hydrogen) atoms. The van der Waals surface area contributed by atoms with Crippen LogP contribution in [-0.2, 0) is 22.4 Å². The van der Waals surface area contributed by atoms with Gasteiger partial charge in [0.05, 0.1) is 11.6 Å². The number of amides is 1. The van der Waals surface area contributed by atoms with Crippen LogP contribution in [0.25, 0.3) is 0 Å². The van der Waals surface area contributed by atoms with Crippen molar-refractivity contribution in [3.05, 3.63) is 57.3 Å². The summed E-state index contributed by atoms with van der Waals surface area (Å²) in [6.07, 6.45) is 1.50. The molecular weight excluding hydrogens is 322 g/mol. The lowest BCUT2D eigenvalue weighted by Crippen LogP contribution is -2.48. The fourth-order valence-corrected chi connectivity index (χ4v) is 4.68. The van der Waals surface area contributed by atoms with Crippen molar-refractivity contribution >= 4 is 23.2 Å². The zero-order chi connectivity index (χ0) is 16.7. The molecule has 2 aliphatic heterocycles. The van der Waals surface area contributed by atoms with Gasteiger partial charge in [-0.15, -0.1) is 11.3 Å².